The molecule has 0 saturated heterocycles. The third-order valence-corrected chi connectivity index (χ3v) is 4.28. The molecule has 0 radical (unpaired) electrons. The first-order valence-corrected chi connectivity index (χ1v) is 9.39. The lowest BCUT2D eigenvalue weighted by Crippen LogP contribution is -2.25. The first-order chi connectivity index (χ1) is 14.7. The van der Waals surface area contributed by atoms with Gasteiger partial charge < -0.3 is 14.8 Å². The summed E-state index contributed by atoms with van der Waals surface area (Å²) in [7, 11) is 1.57. The van der Waals surface area contributed by atoms with E-state index in [-0.39, 0.29) is 24.8 Å². The summed E-state index contributed by atoms with van der Waals surface area (Å²) in [4.78, 5) is 25.3. The van der Waals surface area contributed by atoms with Crippen molar-refractivity contribution in [2.45, 2.75) is 0 Å². The fourth-order valence-electron chi connectivity index (χ4n) is 2.81. The molecule has 0 atom stereocenters. The summed E-state index contributed by atoms with van der Waals surface area (Å²) in [6, 6.07) is 22.9. The summed E-state index contributed by atoms with van der Waals surface area (Å²) in [5.41, 5.74) is 1.21. The van der Waals surface area contributed by atoms with Crippen LogP contribution in [0.3, 0.4) is 0 Å². The van der Waals surface area contributed by atoms with Gasteiger partial charge in [-0.3, -0.25) is 9.59 Å². The first kappa shape index (κ1) is 20.7. The van der Waals surface area contributed by atoms with Crippen LogP contribution in [0.1, 0.15) is 26.3 Å². The highest BCUT2D eigenvalue weighted by Gasteiger charge is 2.17. The standard InChI is InChI=1S/C25H21NO4/c1-29-22-15-7-8-16-23(22)30-18-10-9-17-26-25(28)21-14-6-5-13-20(21)24(27)19-11-3-2-4-12-19/h2-8,11-16H,17-18H2,1H3,(H,26,28). The highest BCUT2D eigenvalue weighted by atomic mass is 16.5. The van der Waals surface area contributed by atoms with Crippen LogP contribution in [-0.4, -0.2) is 32.0 Å². The van der Waals surface area contributed by atoms with Crippen molar-refractivity contribution >= 4 is 11.7 Å². The molecule has 3 aromatic rings. The average molecular weight is 399 g/mol. The van der Waals surface area contributed by atoms with Crippen LogP contribution in [0.15, 0.2) is 78.9 Å². The van der Waals surface area contributed by atoms with Crippen molar-refractivity contribution in [1.82, 2.24) is 5.32 Å². The zero-order valence-electron chi connectivity index (χ0n) is 16.6. The summed E-state index contributed by atoms with van der Waals surface area (Å²) in [6.45, 7) is 0.307. The summed E-state index contributed by atoms with van der Waals surface area (Å²) >= 11 is 0. The maximum atomic E-state index is 12.7. The fourth-order valence-corrected chi connectivity index (χ4v) is 2.81. The number of hydrogen-bond acceptors (Lipinski definition) is 4. The van der Waals surface area contributed by atoms with Crippen LogP contribution in [-0.2, 0) is 0 Å². The first-order valence-electron chi connectivity index (χ1n) is 9.39. The van der Waals surface area contributed by atoms with E-state index in [2.05, 4.69) is 17.2 Å². The molecule has 1 N–H and O–H groups in total. The van der Waals surface area contributed by atoms with Gasteiger partial charge in [0.25, 0.3) is 5.91 Å². The highest BCUT2D eigenvalue weighted by Crippen LogP contribution is 2.25. The van der Waals surface area contributed by atoms with Crippen molar-refractivity contribution in [3.63, 3.8) is 0 Å². The van der Waals surface area contributed by atoms with E-state index in [0.717, 1.165) is 0 Å². The summed E-state index contributed by atoms with van der Waals surface area (Å²) < 4.78 is 10.8. The summed E-state index contributed by atoms with van der Waals surface area (Å²) in [5, 5.41) is 2.72. The number of nitrogens with one attached hydrogen (secondary N) is 1. The Balaban J connectivity index is 1.58. The molecular formula is C25H21NO4. The Morgan fingerprint density at radius 2 is 1.43 bits per heavy atom. The van der Waals surface area contributed by atoms with Gasteiger partial charge in [0, 0.05) is 11.1 Å². The van der Waals surface area contributed by atoms with Crippen molar-refractivity contribution in [2.75, 3.05) is 20.3 Å². The molecule has 5 nitrogen and oxygen atoms in total. The number of amides is 1. The van der Waals surface area contributed by atoms with Crippen LogP contribution < -0.4 is 14.8 Å². The van der Waals surface area contributed by atoms with E-state index in [1.165, 1.54) is 0 Å². The Labute approximate surface area is 175 Å². The van der Waals surface area contributed by atoms with Gasteiger partial charge in [0.2, 0.25) is 0 Å². The van der Waals surface area contributed by atoms with Crippen molar-refractivity contribution in [3.8, 4) is 23.3 Å². The lowest BCUT2D eigenvalue weighted by Gasteiger charge is -2.08. The Bertz CT molecular complexity index is 1080. The lowest BCUT2D eigenvalue weighted by atomic mass is 9.98. The van der Waals surface area contributed by atoms with Crippen molar-refractivity contribution < 1.29 is 19.1 Å². The van der Waals surface area contributed by atoms with E-state index < -0.39 is 0 Å². The molecule has 30 heavy (non-hydrogen) atoms. The second kappa shape index (κ2) is 10.5. The number of para-hydroxylation sites is 2. The quantitative estimate of drug-likeness (QED) is 0.486. The molecule has 0 aliphatic rings. The largest absolute Gasteiger partial charge is 0.493 e. The topological polar surface area (TPSA) is 64.6 Å². The number of ketones is 1. The maximum Gasteiger partial charge on any atom is 0.252 e. The van der Waals surface area contributed by atoms with Gasteiger partial charge in [-0.15, -0.1) is 0 Å². The Kier molecular flexibility index (Phi) is 7.23. The van der Waals surface area contributed by atoms with Gasteiger partial charge >= 0.3 is 0 Å². The van der Waals surface area contributed by atoms with E-state index >= 15 is 0 Å². The molecule has 0 heterocycles. The summed E-state index contributed by atoms with van der Waals surface area (Å²) in [5.74, 6) is 6.37. The van der Waals surface area contributed by atoms with E-state index in [1.54, 1.807) is 67.8 Å². The molecule has 0 aromatic heterocycles. The van der Waals surface area contributed by atoms with Crippen molar-refractivity contribution in [3.05, 3.63) is 95.6 Å². The molecule has 0 bridgehead atoms. The van der Waals surface area contributed by atoms with Crippen LogP contribution >= 0.6 is 0 Å². The van der Waals surface area contributed by atoms with Crippen LogP contribution in [0.4, 0.5) is 0 Å². The van der Waals surface area contributed by atoms with Gasteiger partial charge in [0.1, 0.15) is 6.61 Å². The fraction of sp³-hybridized carbons (Fsp3) is 0.120. The predicted octanol–water partition coefficient (Wildman–Crippen LogP) is 3.74. The Morgan fingerprint density at radius 1 is 0.800 bits per heavy atom. The number of carbonyl (C=O) groups excluding carboxylic acids is 2. The molecule has 0 fully saturated rings. The van der Waals surface area contributed by atoms with Gasteiger partial charge in [0.15, 0.2) is 17.3 Å². The van der Waals surface area contributed by atoms with Crippen LogP contribution in [0.5, 0.6) is 11.5 Å². The smallest absolute Gasteiger partial charge is 0.252 e. The molecule has 0 aliphatic carbocycles. The van der Waals surface area contributed by atoms with Crippen LogP contribution in [0.25, 0.3) is 0 Å². The van der Waals surface area contributed by atoms with E-state index in [0.29, 0.717) is 28.2 Å². The number of carbonyl (C=O) groups is 2. The number of methoxy groups -OCH3 is 1. The molecule has 0 saturated carbocycles. The lowest BCUT2D eigenvalue weighted by molar-refractivity contribution is 0.0946. The molecule has 3 aromatic carbocycles. The zero-order chi connectivity index (χ0) is 21.2. The van der Waals surface area contributed by atoms with Crippen molar-refractivity contribution in [1.29, 1.82) is 0 Å². The van der Waals surface area contributed by atoms with Crippen molar-refractivity contribution in [2.24, 2.45) is 0 Å². The molecule has 0 spiro atoms. The van der Waals surface area contributed by atoms with Crippen LogP contribution in [0, 0.1) is 11.8 Å². The Morgan fingerprint density at radius 3 is 2.17 bits per heavy atom. The molecule has 150 valence electrons. The SMILES string of the molecule is COc1ccccc1OCC#CCNC(=O)c1ccccc1C(=O)c1ccccc1. The number of ether oxygens (including phenoxy) is 2. The molecule has 0 aliphatic heterocycles. The van der Waals surface area contributed by atoms with Gasteiger partial charge in [-0.25, -0.2) is 0 Å². The van der Waals surface area contributed by atoms with Gasteiger partial charge in [-0.1, -0.05) is 72.5 Å². The minimum absolute atomic E-state index is 0.141. The predicted molar refractivity (Wildman–Crippen MR) is 115 cm³/mol. The van der Waals surface area contributed by atoms with E-state index in [4.69, 9.17) is 9.47 Å². The molecular weight excluding hydrogens is 378 g/mol. The third-order valence-electron chi connectivity index (χ3n) is 4.28. The number of hydrogen-bond donors (Lipinski definition) is 1. The van der Waals surface area contributed by atoms with Gasteiger partial charge in [-0.05, 0) is 18.2 Å². The second-order valence-corrected chi connectivity index (χ2v) is 6.22. The van der Waals surface area contributed by atoms with Gasteiger partial charge in [0.05, 0.1) is 19.2 Å². The minimum Gasteiger partial charge on any atom is -0.493 e. The molecule has 0 unspecified atom stereocenters. The number of rotatable bonds is 7. The van der Waals surface area contributed by atoms with Crippen LogP contribution in [0.2, 0.25) is 0 Å². The Hall–Kier alpha value is -4.04. The normalized spacial score (nSPS) is 9.77. The second-order valence-electron chi connectivity index (χ2n) is 6.22. The van der Waals surface area contributed by atoms with E-state index in [9.17, 15) is 9.59 Å². The highest BCUT2D eigenvalue weighted by molar-refractivity contribution is 6.15. The monoisotopic (exact) mass is 399 g/mol. The minimum atomic E-state index is -0.352. The van der Waals surface area contributed by atoms with Gasteiger partial charge in [-0.2, -0.15) is 0 Å². The molecule has 3 rings (SSSR count). The molecule has 1 amide bonds. The number of benzene rings is 3. The average Bonchev–Trinajstić information content (AvgIpc) is 2.81. The van der Waals surface area contributed by atoms with E-state index in [1.807, 2.05) is 18.2 Å². The maximum absolute atomic E-state index is 12.7. The third kappa shape index (κ3) is 5.27. The molecule has 5 heteroatoms. The zero-order valence-corrected chi connectivity index (χ0v) is 16.6. The summed E-state index contributed by atoms with van der Waals surface area (Å²) in [6.07, 6.45) is 0.